The van der Waals surface area contributed by atoms with E-state index in [4.69, 9.17) is 4.52 Å². The van der Waals surface area contributed by atoms with Gasteiger partial charge in [0.15, 0.2) is 0 Å². The Morgan fingerprint density at radius 2 is 1.96 bits per heavy atom. The molecule has 0 amide bonds. The van der Waals surface area contributed by atoms with Gasteiger partial charge in [-0.1, -0.05) is 16.8 Å². The number of aryl methyl sites for hydroxylation is 4. The Morgan fingerprint density at radius 3 is 2.58 bits per heavy atom. The highest BCUT2D eigenvalue weighted by molar-refractivity contribution is 5.96. The molecule has 5 heteroatoms. The van der Waals surface area contributed by atoms with Crippen molar-refractivity contribution >= 4 is 16.6 Å². The number of nitrogens with zero attached hydrogens (tertiary/aromatic N) is 4. The lowest BCUT2D eigenvalue weighted by atomic mass is 10.0. The Bertz CT molecular complexity index is 946. The summed E-state index contributed by atoms with van der Waals surface area (Å²) in [5.41, 5.74) is 6.60. The number of pyridine rings is 1. The van der Waals surface area contributed by atoms with E-state index in [1.165, 1.54) is 0 Å². The molecule has 0 saturated carbocycles. The fourth-order valence-electron chi connectivity index (χ4n) is 3.18. The first-order chi connectivity index (χ1) is 11.4. The van der Waals surface area contributed by atoms with Crippen LogP contribution in [0, 0.1) is 39.0 Å². The van der Waals surface area contributed by atoms with Gasteiger partial charge in [0.2, 0.25) is 0 Å². The summed E-state index contributed by atoms with van der Waals surface area (Å²) in [5, 5.41) is 14.6. The van der Waals surface area contributed by atoms with E-state index in [1.807, 2.05) is 27.8 Å². The quantitative estimate of drug-likeness (QED) is 0.730. The van der Waals surface area contributed by atoms with Crippen LogP contribution in [-0.2, 0) is 6.54 Å². The minimum atomic E-state index is 0.571. The lowest BCUT2D eigenvalue weighted by Crippen LogP contribution is -2.19. The van der Waals surface area contributed by atoms with Crippen molar-refractivity contribution in [3.8, 4) is 6.07 Å². The van der Waals surface area contributed by atoms with Crippen LogP contribution in [0.2, 0.25) is 0 Å². The molecule has 1 aromatic carbocycles. The van der Waals surface area contributed by atoms with Gasteiger partial charge in [-0.05, 0) is 39.3 Å². The van der Waals surface area contributed by atoms with Crippen LogP contribution in [0.15, 0.2) is 22.9 Å². The van der Waals surface area contributed by atoms with Gasteiger partial charge >= 0.3 is 0 Å². The Morgan fingerprint density at radius 1 is 1.21 bits per heavy atom. The average molecular weight is 320 g/mol. The van der Waals surface area contributed by atoms with Crippen molar-refractivity contribution in [3.05, 3.63) is 52.0 Å². The largest absolute Gasteiger partial charge is 0.368 e. The zero-order valence-electron chi connectivity index (χ0n) is 14.6. The first-order valence-corrected chi connectivity index (χ1v) is 7.85. The summed E-state index contributed by atoms with van der Waals surface area (Å²) >= 11 is 0. The first kappa shape index (κ1) is 16.0. The second-order valence-electron chi connectivity index (χ2n) is 6.27. The number of rotatable bonds is 3. The lowest BCUT2D eigenvalue weighted by molar-refractivity contribution is 0.392. The van der Waals surface area contributed by atoms with Crippen LogP contribution in [0.1, 0.15) is 33.7 Å². The summed E-state index contributed by atoms with van der Waals surface area (Å²) in [4.78, 5) is 6.57. The van der Waals surface area contributed by atoms with Crippen LogP contribution in [0.4, 0.5) is 5.69 Å². The van der Waals surface area contributed by atoms with Gasteiger partial charge in [0.25, 0.3) is 0 Å². The normalized spacial score (nSPS) is 10.8. The first-order valence-electron chi connectivity index (χ1n) is 7.85. The van der Waals surface area contributed by atoms with Crippen molar-refractivity contribution in [2.75, 3.05) is 11.9 Å². The predicted octanol–water partition coefficient (Wildman–Crippen LogP) is 3.96. The number of nitriles is 1. The van der Waals surface area contributed by atoms with Gasteiger partial charge in [0, 0.05) is 30.7 Å². The van der Waals surface area contributed by atoms with Crippen LogP contribution in [-0.4, -0.2) is 17.2 Å². The number of benzene rings is 1. The van der Waals surface area contributed by atoms with E-state index in [9.17, 15) is 5.26 Å². The van der Waals surface area contributed by atoms with Gasteiger partial charge in [-0.15, -0.1) is 0 Å². The van der Waals surface area contributed by atoms with Crippen LogP contribution in [0.5, 0.6) is 0 Å². The monoisotopic (exact) mass is 320 g/mol. The van der Waals surface area contributed by atoms with Gasteiger partial charge in [-0.2, -0.15) is 5.26 Å². The molecule has 0 spiro atoms. The van der Waals surface area contributed by atoms with Gasteiger partial charge < -0.3 is 9.42 Å². The molecule has 0 aliphatic carbocycles. The highest BCUT2D eigenvalue weighted by Crippen LogP contribution is 2.32. The molecule has 0 unspecified atom stereocenters. The summed E-state index contributed by atoms with van der Waals surface area (Å²) in [6.07, 6.45) is 1.66. The number of hydrogen-bond donors (Lipinski definition) is 0. The van der Waals surface area contributed by atoms with Crippen molar-refractivity contribution in [3.63, 3.8) is 0 Å². The maximum absolute atomic E-state index is 9.55. The van der Waals surface area contributed by atoms with E-state index < -0.39 is 0 Å². The standard InChI is InChI=1S/C19H20N4O/c1-11-6-12(2)18-16(7-11)19(15(8-20)9-21-18)23(5)10-17-13(3)22-24-14(17)4/h6-7,9H,10H2,1-5H3. The molecule has 0 radical (unpaired) electrons. The zero-order chi connectivity index (χ0) is 17.4. The number of aromatic nitrogens is 2. The molecule has 0 saturated heterocycles. The summed E-state index contributed by atoms with van der Waals surface area (Å²) in [7, 11) is 1.99. The number of fused-ring (bicyclic) bond motifs is 1. The van der Waals surface area contributed by atoms with Crippen LogP contribution in [0.3, 0.4) is 0 Å². The van der Waals surface area contributed by atoms with E-state index in [0.717, 1.165) is 44.7 Å². The Labute approximate surface area is 141 Å². The average Bonchev–Trinajstić information content (AvgIpc) is 2.85. The van der Waals surface area contributed by atoms with E-state index in [2.05, 4.69) is 40.2 Å². The molecule has 0 atom stereocenters. The Balaban J connectivity index is 2.18. The maximum Gasteiger partial charge on any atom is 0.138 e. The molecule has 0 N–H and O–H groups in total. The molecule has 3 rings (SSSR count). The molecule has 0 aliphatic rings. The van der Waals surface area contributed by atoms with Crippen molar-refractivity contribution in [2.45, 2.75) is 34.2 Å². The molecule has 5 nitrogen and oxygen atoms in total. The fraction of sp³-hybridized carbons (Fsp3) is 0.316. The highest BCUT2D eigenvalue weighted by Gasteiger charge is 2.18. The third-order valence-corrected chi connectivity index (χ3v) is 4.36. The third kappa shape index (κ3) is 2.61. The highest BCUT2D eigenvalue weighted by atomic mass is 16.5. The van der Waals surface area contributed by atoms with E-state index in [0.29, 0.717) is 12.1 Å². The van der Waals surface area contributed by atoms with Crippen LogP contribution in [0.25, 0.3) is 10.9 Å². The van der Waals surface area contributed by atoms with Gasteiger partial charge in [-0.25, -0.2) is 0 Å². The van der Waals surface area contributed by atoms with Gasteiger partial charge in [-0.3, -0.25) is 4.98 Å². The maximum atomic E-state index is 9.55. The molecular formula is C19H20N4O. The molecule has 3 aromatic rings. The minimum Gasteiger partial charge on any atom is -0.368 e. The van der Waals surface area contributed by atoms with Crippen LogP contribution >= 0.6 is 0 Å². The fourth-order valence-corrected chi connectivity index (χ4v) is 3.18. The molecule has 2 heterocycles. The van der Waals surface area contributed by atoms with Crippen molar-refractivity contribution < 1.29 is 4.52 Å². The molecule has 0 aliphatic heterocycles. The third-order valence-electron chi connectivity index (χ3n) is 4.36. The second kappa shape index (κ2) is 5.97. The van der Waals surface area contributed by atoms with Gasteiger partial charge in [0.05, 0.1) is 22.5 Å². The summed E-state index contributed by atoms with van der Waals surface area (Å²) in [6.45, 7) is 8.58. The number of anilines is 1. The lowest BCUT2D eigenvalue weighted by Gasteiger charge is -2.23. The molecule has 24 heavy (non-hydrogen) atoms. The molecule has 0 fully saturated rings. The smallest absolute Gasteiger partial charge is 0.138 e. The molecule has 122 valence electrons. The van der Waals surface area contributed by atoms with Crippen molar-refractivity contribution in [1.82, 2.24) is 10.1 Å². The molecular weight excluding hydrogens is 300 g/mol. The van der Waals surface area contributed by atoms with E-state index >= 15 is 0 Å². The number of hydrogen-bond acceptors (Lipinski definition) is 5. The van der Waals surface area contributed by atoms with Crippen LogP contribution < -0.4 is 4.90 Å². The van der Waals surface area contributed by atoms with E-state index in [-0.39, 0.29) is 0 Å². The molecule has 0 bridgehead atoms. The Hall–Kier alpha value is -2.87. The van der Waals surface area contributed by atoms with Crippen molar-refractivity contribution in [2.24, 2.45) is 0 Å². The topological polar surface area (TPSA) is 66.0 Å². The summed E-state index contributed by atoms with van der Waals surface area (Å²) in [5.74, 6) is 0.809. The minimum absolute atomic E-state index is 0.571. The zero-order valence-corrected chi connectivity index (χ0v) is 14.6. The molecule has 2 aromatic heterocycles. The SMILES string of the molecule is Cc1cc(C)c2ncc(C#N)c(N(C)Cc3c(C)noc3C)c2c1. The summed E-state index contributed by atoms with van der Waals surface area (Å²) < 4.78 is 5.26. The summed E-state index contributed by atoms with van der Waals surface area (Å²) in [6, 6.07) is 6.48. The van der Waals surface area contributed by atoms with Crippen molar-refractivity contribution in [1.29, 1.82) is 5.26 Å². The predicted molar refractivity (Wildman–Crippen MR) is 94.0 cm³/mol. The van der Waals surface area contributed by atoms with E-state index in [1.54, 1.807) is 6.20 Å². The van der Waals surface area contributed by atoms with Gasteiger partial charge in [0.1, 0.15) is 11.8 Å². The Kier molecular flexibility index (Phi) is 3.98. The second-order valence-corrected chi connectivity index (χ2v) is 6.27.